The Balaban J connectivity index is 1.77. The van der Waals surface area contributed by atoms with E-state index in [1.807, 2.05) is 7.05 Å². The van der Waals surface area contributed by atoms with E-state index in [1.54, 1.807) is 29.2 Å². The average Bonchev–Trinajstić information content (AvgIpc) is 2.69. The number of amides is 2. The summed E-state index contributed by atoms with van der Waals surface area (Å²) in [6.07, 6.45) is 3.97. The lowest BCUT2D eigenvalue weighted by Gasteiger charge is -2.33. The lowest BCUT2D eigenvalue weighted by atomic mass is 9.86. The normalized spacial score (nSPS) is 19.3. The average molecular weight is 392 g/mol. The predicted octanol–water partition coefficient (Wildman–Crippen LogP) is 3.68. The lowest BCUT2D eigenvalue weighted by Crippen LogP contribution is -2.41. The first-order chi connectivity index (χ1) is 13.0. The Labute approximate surface area is 167 Å². The summed E-state index contributed by atoms with van der Waals surface area (Å²) < 4.78 is 0. The van der Waals surface area contributed by atoms with Gasteiger partial charge in [0.1, 0.15) is 0 Å². The number of hydrogen-bond donors (Lipinski definition) is 2. The van der Waals surface area contributed by atoms with Crippen molar-refractivity contribution in [2.75, 3.05) is 38.6 Å². The van der Waals surface area contributed by atoms with Crippen LogP contribution >= 0.6 is 11.6 Å². The molecule has 2 rings (SSSR count). The number of aliphatic hydroxyl groups is 1. The Morgan fingerprint density at radius 3 is 2.52 bits per heavy atom. The summed E-state index contributed by atoms with van der Waals surface area (Å²) in [5, 5.41) is 12.6. The van der Waals surface area contributed by atoms with E-state index in [9.17, 15) is 4.79 Å². The molecule has 1 saturated carbocycles. The molecule has 0 aliphatic heterocycles. The van der Waals surface area contributed by atoms with Gasteiger partial charge in [-0.1, -0.05) is 30.4 Å². The second-order valence-electron chi connectivity index (χ2n) is 6.97. The quantitative estimate of drug-likeness (QED) is 0.727. The minimum Gasteiger partial charge on any atom is -0.395 e. The number of carbonyl (C=O) groups is 1. The first kappa shape index (κ1) is 21.6. The highest BCUT2D eigenvalue weighted by Crippen LogP contribution is 2.27. The van der Waals surface area contributed by atoms with Crippen LogP contribution < -0.4 is 5.32 Å². The number of urea groups is 1. The summed E-state index contributed by atoms with van der Waals surface area (Å²) in [5.74, 6) is 7.03. The third kappa shape index (κ3) is 7.06. The van der Waals surface area contributed by atoms with Crippen molar-refractivity contribution >= 4 is 23.3 Å². The van der Waals surface area contributed by atoms with Gasteiger partial charge in [-0.05, 0) is 56.5 Å². The van der Waals surface area contributed by atoms with Crippen LogP contribution in [-0.2, 0) is 0 Å². The van der Waals surface area contributed by atoms with Gasteiger partial charge in [0.25, 0.3) is 0 Å². The summed E-state index contributed by atoms with van der Waals surface area (Å²) >= 11 is 5.88. The van der Waals surface area contributed by atoms with Gasteiger partial charge in [0.15, 0.2) is 0 Å². The van der Waals surface area contributed by atoms with Crippen molar-refractivity contribution < 1.29 is 9.90 Å². The van der Waals surface area contributed by atoms with Gasteiger partial charge in [-0.3, -0.25) is 4.90 Å². The van der Waals surface area contributed by atoms with E-state index in [0.29, 0.717) is 24.0 Å². The van der Waals surface area contributed by atoms with Crippen molar-refractivity contribution in [3.63, 3.8) is 0 Å². The van der Waals surface area contributed by atoms with Crippen LogP contribution in [0.2, 0.25) is 5.02 Å². The number of nitrogens with one attached hydrogen (secondary N) is 1. The Kier molecular flexibility index (Phi) is 8.93. The molecule has 0 unspecified atom stereocenters. The molecule has 1 aliphatic carbocycles. The standard InChI is InChI=1S/C21H30ClN3O2/c1-3-25(15-16-26)14-4-5-17-6-12-20(13-7-17)24(2)21(27)23-19-10-8-18(22)9-11-19/h8-11,17,20,26H,3,6-7,12-16H2,1-2H3,(H,23,27). The molecule has 148 valence electrons. The molecule has 0 heterocycles. The van der Waals surface area contributed by atoms with Crippen molar-refractivity contribution in [1.82, 2.24) is 9.80 Å². The fourth-order valence-corrected chi connectivity index (χ4v) is 3.44. The van der Waals surface area contributed by atoms with E-state index in [0.717, 1.165) is 37.9 Å². The molecule has 1 aromatic carbocycles. The van der Waals surface area contributed by atoms with Crippen molar-refractivity contribution in [2.24, 2.45) is 5.92 Å². The number of likely N-dealkylation sites (N-methyl/N-ethyl adjacent to an activating group) is 1. The van der Waals surface area contributed by atoms with Gasteiger partial charge in [-0.2, -0.15) is 0 Å². The second kappa shape index (κ2) is 11.2. The molecule has 0 bridgehead atoms. The number of rotatable bonds is 6. The van der Waals surface area contributed by atoms with E-state index in [2.05, 4.69) is 29.0 Å². The Morgan fingerprint density at radius 2 is 1.93 bits per heavy atom. The number of nitrogens with zero attached hydrogens (tertiary/aromatic N) is 2. The number of carbonyl (C=O) groups excluding carboxylic acids is 1. The zero-order valence-electron chi connectivity index (χ0n) is 16.2. The van der Waals surface area contributed by atoms with E-state index in [-0.39, 0.29) is 18.7 Å². The molecule has 0 aromatic heterocycles. The second-order valence-corrected chi connectivity index (χ2v) is 7.40. The third-order valence-electron chi connectivity index (χ3n) is 5.13. The maximum Gasteiger partial charge on any atom is 0.321 e. The van der Waals surface area contributed by atoms with Gasteiger partial charge in [-0.25, -0.2) is 4.79 Å². The summed E-state index contributed by atoms with van der Waals surface area (Å²) in [6.45, 7) is 4.53. The van der Waals surface area contributed by atoms with Gasteiger partial charge in [-0.15, -0.1) is 0 Å². The zero-order valence-corrected chi connectivity index (χ0v) is 17.0. The molecule has 1 aliphatic rings. The number of benzene rings is 1. The van der Waals surface area contributed by atoms with Crippen LogP contribution in [0.25, 0.3) is 0 Å². The highest BCUT2D eigenvalue weighted by molar-refractivity contribution is 6.30. The molecule has 0 saturated heterocycles. The molecule has 1 fully saturated rings. The molecule has 1 aromatic rings. The van der Waals surface area contributed by atoms with Crippen LogP contribution in [0, 0.1) is 17.8 Å². The van der Waals surface area contributed by atoms with E-state index < -0.39 is 0 Å². The summed E-state index contributed by atoms with van der Waals surface area (Å²) in [7, 11) is 1.86. The molecule has 6 heteroatoms. The van der Waals surface area contributed by atoms with Gasteiger partial charge < -0.3 is 15.3 Å². The lowest BCUT2D eigenvalue weighted by molar-refractivity contribution is 0.179. The molecule has 0 spiro atoms. The van der Waals surface area contributed by atoms with Crippen LogP contribution in [0.1, 0.15) is 32.6 Å². The number of anilines is 1. The van der Waals surface area contributed by atoms with Crippen molar-refractivity contribution in [2.45, 2.75) is 38.6 Å². The maximum absolute atomic E-state index is 12.4. The third-order valence-corrected chi connectivity index (χ3v) is 5.38. The highest BCUT2D eigenvalue weighted by Gasteiger charge is 2.25. The van der Waals surface area contributed by atoms with Gasteiger partial charge >= 0.3 is 6.03 Å². The Hall–Kier alpha value is -1.74. The smallest absolute Gasteiger partial charge is 0.321 e. The monoisotopic (exact) mass is 391 g/mol. The first-order valence-corrected chi connectivity index (χ1v) is 10.0. The molecule has 2 N–H and O–H groups in total. The van der Waals surface area contributed by atoms with Gasteiger partial charge in [0.05, 0.1) is 13.2 Å². The maximum atomic E-state index is 12.4. The predicted molar refractivity (Wildman–Crippen MR) is 111 cm³/mol. The summed E-state index contributed by atoms with van der Waals surface area (Å²) in [6, 6.07) is 7.29. The summed E-state index contributed by atoms with van der Waals surface area (Å²) in [4.78, 5) is 16.4. The molecule has 2 amide bonds. The molecular formula is C21H30ClN3O2. The Bertz CT molecular complexity index is 646. The van der Waals surface area contributed by atoms with Crippen molar-refractivity contribution in [3.8, 4) is 11.8 Å². The fourth-order valence-electron chi connectivity index (χ4n) is 3.31. The molecule has 5 nitrogen and oxygen atoms in total. The molecular weight excluding hydrogens is 362 g/mol. The SMILES string of the molecule is CCN(CC#CC1CCC(N(C)C(=O)Nc2ccc(Cl)cc2)CC1)CCO. The number of halogens is 1. The Morgan fingerprint density at radius 1 is 1.26 bits per heavy atom. The van der Waals surface area contributed by atoms with E-state index >= 15 is 0 Å². The van der Waals surface area contributed by atoms with E-state index in [1.165, 1.54) is 0 Å². The van der Waals surface area contributed by atoms with Crippen molar-refractivity contribution in [1.29, 1.82) is 0 Å². The zero-order chi connectivity index (χ0) is 19.6. The minimum atomic E-state index is -0.0885. The van der Waals surface area contributed by atoms with Crippen molar-refractivity contribution in [3.05, 3.63) is 29.3 Å². The molecule has 0 radical (unpaired) electrons. The van der Waals surface area contributed by atoms with Gasteiger partial charge in [0, 0.05) is 36.3 Å². The van der Waals surface area contributed by atoms with Crippen LogP contribution in [0.4, 0.5) is 10.5 Å². The molecule has 0 atom stereocenters. The van der Waals surface area contributed by atoms with E-state index in [4.69, 9.17) is 16.7 Å². The number of aliphatic hydroxyl groups excluding tert-OH is 1. The molecule has 27 heavy (non-hydrogen) atoms. The largest absolute Gasteiger partial charge is 0.395 e. The highest BCUT2D eigenvalue weighted by atomic mass is 35.5. The fraction of sp³-hybridized carbons (Fsp3) is 0.571. The van der Waals surface area contributed by atoms with Crippen LogP contribution in [-0.4, -0.2) is 60.3 Å². The first-order valence-electron chi connectivity index (χ1n) is 9.64. The number of hydrogen-bond acceptors (Lipinski definition) is 3. The minimum absolute atomic E-state index is 0.0885. The van der Waals surface area contributed by atoms with Gasteiger partial charge in [0.2, 0.25) is 0 Å². The van der Waals surface area contributed by atoms with Crippen LogP contribution in [0.5, 0.6) is 0 Å². The van der Waals surface area contributed by atoms with Crippen LogP contribution in [0.3, 0.4) is 0 Å². The topological polar surface area (TPSA) is 55.8 Å². The van der Waals surface area contributed by atoms with Crippen LogP contribution in [0.15, 0.2) is 24.3 Å². The summed E-state index contributed by atoms with van der Waals surface area (Å²) in [5.41, 5.74) is 0.749.